The number of carbonyl (C=O) groups excluding carboxylic acids is 1. The molecule has 3 rings (SSSR count). The first kappa shape index (κ1) is 31.1. The van der Waals surface area contributed by atoms with Crippen LogP contribution in [0.2, 0.25) is 0 Å². The fourth-order valence-corrected chi connectivity index (χ4v) is 5.56. The second-order valence-electron chi connectivity index (χ2n) is 9.41. The number of nitrogen functional groups attached to an aromatic ring is 1. The Morgan fingerprint density at radius 1 is 1.17 bits per heavy atom. The molecule has 1 aliphatic rings. The lowest BCUT2D eigenvalue weighted by atomic mass is 10.1. The van der Waals surface area contributed by atoms with Gasteiger partial charge in [0, 0.05) is 31.5 Å². The molecule has 41 heavy (non-hydrogen) atoms. The number of aliphatic carboxylic acids is 1. The number of rotatable bonds is 12. The number of piperidine rings is 1. The number of nitrogens with one attached hydrogen (secondary N) is 2. The number of benzene rings is 2. The van der Waals surface area contributed by atoms with Gasteiger partial charge in [-0.15, -0.1) is 0 Å². The fourth-order valence-electron chi connectivity index (χ4n) is 4.34. The summed E-state index contributed by atoms with van der Waals surface area (Å²) < 4.78 is 38.5. The Bertz CT molecular complexity index is 1430. The zero-order valence-electron chi connectivity index (χ0n) is 23.0. The van der Waals surface area contributed by atoms with Crippen molar-refractivity contribution >= 4 is 45.4 Å². The minimum atomic E-state index is -4.35. The van der Waals surface area contributed by atoms with Gasteiger partial charge in [-0.25, -0.2) is 13.2 Å². The summed E-state index contributed by atoms with van der Waals surface area (Å²) in [7, 11) is -4.35. The molecular weight excluding hydrogens is 550 g/mol. The molecule has 0 aliphatic carbocycles. The van der Waals surface area contributed by atoms with Crippen molar-refractivity contribution in [2.45, 2.75) is 32.8 Å². The van der Waals surface area contributed by atoms with E-state index in [4.69, 9.17) is 26.0 Å². The molecule has 1 fully saturated rings. The van der Waals surface area contributed by atoms with E-state index in [1.807, 2.05) is 4.90 Å². The van der Waals surface area contributed by atoms with E-state index in [-0.39, 0.29) is 42.1 Å². The Balaban J connectivity index is 1.94. The number of amidine groups is 2. The molecule has 0 bridgehead atoms. The largest absolute Gasteiger partial charge is 0.489 e. The van der Waals surface area contributed by atoms with Crippen LogP contribution in [-0.4, -0.2) is 80.1 Å². The zero-order chi connectivity index (χ0) is 30.2. The average Bonchev–Trinajstić information content (AvgIpc) is 2.91. The molecule has 0 spiro atoms. The predicted octanol–water partition coefficient (Wildman–Crippen LogP) is 2.92. The molecular formula is C28H35N5O7S. The highest BCUT2D eigenvalue weighted by molar-refractivity contribution is 7.93. The van der Waals surface area contributed by atoms with E-state index in [2.05, 4.69) is 0 Å². The molecule has 1 saturated heterocycles. The summed E-state index contributed by atoms with van der Waals surface area (Å²) in [6, 6.07) is 11.1. The Morgan fingerprint density at radius 3 is 2.49 bits per heavy atom. The molecule has 12 nitrogen and oxygen atoms in total. The summed E-state index contributed by atoms with van der Waals surface area (Å²) in [5, 5.41) is 24.7. The van der Waals surface area contributed by atoms with Gasteiger partial charge in [0.1, 0.15) is 23.3 Å². The van der Waals surface area contributed by atoms with Gasteiger partial charge in [-0.05, 0) is 43.7 Å². The van der Waals surface area contributed by atoms with Crippen molar-refractivity contribution in [1.82, 2.24) is 4.90 Å². The van der Waals surface area contributed by atoms with Crippen LogP contribution in [0.4, 0.5) is 5.69 Å². The molecule has 2 aromatic rings. The number of carboxylic acids is 1. The number of carboxylic acid groups (broad SMARTS) is 1. The minimum absolute atomic E-state index is 0.0173. The number of likely N-dealkylation sites (tertiary alicyclic amines) is 1. The number of carbonyl (C=O) groups is 2. The normalized spacial score (nSPS) is 14.0. The zero-order valence-corrected chi connectivity index (χ0v) is 23.8. The summed E-state index contributed by atoms with van der Waals surface area (Å²) in [5.41, 5.74) is 6.79. The fraction of sp³-hybridized carbons (Fsp3) is 0.357. The average molecular weight is 586 g/mol. The highest BCUT2D eigenvalue weighted by Crippen LogP contribution is 2.30. The van der Waals surface area contributed by atoms with E-state index < -0.39 is 27.7 Å². The number of ether oxygens (including phenoxy) is 2. The maximum atomic E-state index is 13.1. The Morgan fingerprint density at radius 2 is 1.88 bits per heavy atom. The van der Waals surface area contributed by atoms with Crippen molar-refractivity contribution < 1.29 is 32.6 Å². The maximum Gasteiger partial charge on any atom is 0.341 e. The lowest BCUT2D eigenvalue weighted by molar-refractivity contribution is -0.134. The number of hydrogen-bond acceptors (Lipinski definition) is 8. The minimum Gasteiger partial charge on any atom is -0.489 e. The number of nitrogens with two attached hydrogens (primary N) is 1. The van der Waals surface area contributed by atoms with Crippen LogP contribution in [0.5, 0.6) is 5.75 Å². The molecule has 1 aliphatic heterocycles. The molecule has 220 valence electrons. The molecule has 0 unspecified atom stereocenters. The van der Waals surface area contributed by atoms with Crippen LogP contribution in [0.15, 0.2) is 48.5 Å². The summed E-state index contributed by atoms with van der Waals surface area (Å²) in [4.78, 5) is 26.2. The first-order chi connectivity index (χ1) is 19.4. The number of anilines is 1. The molecule has 0 radical (unpaired) electrons. The van der Waals surface area contributed by atoms with Gasteiger partial charge in [0.25, 0.3) is 0 Å². The van der Waals surface area contributed by atoms with Crippen molar-refractivity contribution in [2.24, 2.45) is 5.73 Å². The molecule has 0 saturated carbocycles. The number of sulfonamides is 1. The summed E-state index contributed by atoms with van der Waals surface area (Å²) in [6.45, 7) is 4.49. The van der Waals surface area contributed by atoms with Gasteiger partial charge in [-0.1, -0.05) is 30.4 Å². The molecule has 13 heteroatoms. The molecule has 0 amide bonds. The Labute approximate surface area is 239 Å². The van der Waals surface area contributed by atoms with E-state index in [1.54, 1.807) is 44.2 Å². The van der Waals surface area contributed by atoms with E-state index in [0.29, 0.717) is 42.9 Å². The number of hydrogen-bond donors (Lipinski definition) is 4. The van der Waals surface area contributed by atoms with E-state index in [1.165, 1.54) is 24.3 Å². The highest BCUT2D eigenvalue weighted by Gasteiger charge is 2.28. The molecule has 5 N–H and O–H groups in total. The van der Waals surface area contributed by atoms with Crippen LogP contribution in [0.1, 0.15) is 48.2 Å². The van der Waals surface area contributed by atoms with Crippen LogP contribution < -0.4 is 14.8 Å². The van der Waals surface area contributed by atoms with E-state index in [0.717, 1.165) is 4.31 Å². The highest BCUT2D eigenvalue weighted by atomic mass is 32.2. The third-order valence-corrected chi connectivity index (χ3v) is 8.02. The Kier molecular flexibility index (Phi) is 10.5. The van der Waals surface area contributed by atoms with Crippen molar-refractivity contribution in [3.05, 3.63) is 65.2 Å². The second kappa shape index (κ2) is 13.8. The Hall–Kier alpha value is -4.39. The quantitative estimate of drug-likeness (QED) is 0.165. The second-order valence-corrected chi connectivity index (χ2v) is 11.3. The van der Waals surface area contributed by atoms with Crippen LogP contribution in [-0.2, 0) is 19.6 Å². The van der Waals surface area contributed by atoms with Gasteiger partial charge < -0.3 is 25.2 Å². The van der Waals surface area contributed by atoms with Crippen molar-refractivity contribution in [3.63, 3.8) is 0 Å². The lowest BCUT2D eigenvalue weighted by Crippen LogP contribution is -2.40. The van der Waals surface area contributed by atoms with Crippen LogP contribution in [0, 0.1) is 10.8 Å². The summed E-state index contributed by atoms with van der Waals surface area (Å²) in [6.07, 6.45) is 4.21. The molecule has 0 aromatic heterocycles. The third-order valence-electron chi connectivity index (χ3n) is 6.38. The lowest BCUT2D eigenvalue weighted by Gasteiger charge is -2.33. The predicted molar refractivity (Wildman–Crippen MR) is 156 cm³/mol. The van der Waals surface area contributed by atoms with Gasteiger partial charge in [0.05, 0.1) is 24.7 Å². The van der Waals surface area contributed by atoms with Gasteiger partial charge in [0.2, 0.25) is 10.0 Å². The van der Waals surface area contributed by atoms with Gasteiger partial charge >= 0.3 is 11.9 Å². The van der Waals surface area contributed by atoms with Gasteiger partial charge in [0.15, 0.2) is 5.75 Å². The van der Waals surface area contributed by atoms with E-state index >= 15 is 0 Å². The van der Waals surface area contributed by atoms with Crippen molar-refractivity contribution in [1.29, 1.82) is 10.8 Å². The molecule has 2 aromatic carbocycles. The van der Waals surface area contributed by atoms with Crippen LogP contribution >= 0.6 is 0 Å². The van der Waals surface area contributed by atoms with Crippen LogP contribution in [0.3, 0.4) is 0 Å². The summed E-state index contributed by atoms with van der Waals surface area (Å²) in [5.74, 6) is -2.80. The maximum absolute atomic E-state index is 13.1. The van der Waals surface area contributed by atoms with Crippen LogP contribution in [0.25, 0.3) is 6.08 Å². The topological polar surface area (TPSA) is 187 Å². The summed E-state index contributed by atoms with van der Waals surface area (Å²) >= 11 is 0. The van der Waals surface area contributed by atoms with Gasteiger partial charge in [-0.3, -0.25) is 19.9 Å². The SMILES string of the molecule is CCOC(=O)c1cc(N(C/C=C/c2cccc(C(=N)N)c2)S(=O)(=O)CC(=O)O)ccc1OC1CCN(C(C)=N)CC1. The number of nitrogens with zero attached hydrogens (tertiary/aromatic N) is 2. The van der Waals surface area contributed by atoms with Crippen molar-refractivity contribution in [2.75, 3.05) is 36.3 Å². The van der Waals surface area contributed by atoms with Gasteiger partial charge in [-0.2, -0.15) is 0 Å². The first-order valence-electron chi connectivity index (χ1n) is 13.0. The smallest absolute Gasteiger partial charge is 0.341 e. The number of esters is 1. The standard InChI is InChI=1S/C28H35N5O7S/c1-3-39-28(36)24-17-22(9-10-25(24)40-23-11-14-32(15-12-23)19(2)29)33(41(37,38)18-26(34)35)13-5-7-20-6-4-8-21(16-20)27(30)31/h4-10,16-17,23,29H,3,11-15,18H2,1-2H3,(H3,30,31)(H,34,35)/b7-5+,29-19?. The third kappa shape index (κ3) is 8.55. The monoisotopic (exact) mass is 585 g/mol. The first-order valence-corrected chi connectivity index (χ1v) is 14.6. The molecule has 0 atom stereocenters. The molecule has 1 heterocycles. The van der Waals surface area contributed by atoms with Crippen molar-refractivity contribution in [3.8, 4) is 5.75 Å². The van der Waals surface area contributed by atoms with E-state index in [9.17, 15) is 23.1 Å².